The van der Waals surface area contributed by atoms with E-state index in [0.29, 0.717) is 5.92 Å². The van der Waals surface area contributed by atoms with E-state index < -0.39 is 0 Å². The summed E-state index contributed by atoms with van der Waals surface area (Å²) >= 11 is 0. The van der Waals surface area contributed by atoms with Crippen molar-refractivity contribution in [2.75, 3.05) is 0 Å². The van der Waals surface area contributed by atoms with Crippen LogP contribution in [0.5, 0.6) is 0 Å². The molecule has 1 saturated carbocycles. The van der Waals surface area contributed by atoms with E-state index in [1.165, 1.54) is 30.5 Å². The number of imidazole rings is 1. The third-order valence-electron chi connectivity index (χ3n) is 4.36. The Balaban J connectivity index is 1.79. The maximum Gasteiger partial charge on any atom is 0.123 e. The normalized spacial score (nSPS) is 16.3. The van der Waals surface area contributed by atoms with Crippen molar-refractivity contribution in [3.63, 3.8) is 0 Å². The summed E-state index contributed by atoms with van der Waals surface area (Å²) in [6.07, 6.45) is 2.48. The summed E-state index contributed by atoms with van der Waals surface area (Å²) in [5.41, 5.74) is 4.46. The Morgan fingerprint density at radius 1 is 1.14 bits per heavy atom. The predicted molar refractivity (Wildman–Crippen MR) is 82.0 cm³/mol. The molecule has 1 aliphatic rings. The number of nitrogens with zero attached hydrogens (tertiary/aromatic N) is 1. The number of benzene rings is 2. The molecule has 1 atom stereocenters. The minimum Gasteiger partial charge on any atom is -0.342 e. The van der Waals surface area contributed by atoms with Crippen LogP contribution >= 0.6 is 0 Å². The van der Waals surface area contributed by atoms with Gasteiger partial charge in [-0.1, -0.05) is 31.2 Å². The summed E-state index contributed by atoms with van der Waals surface area (Å²) in [6, 6.07) is 13.0. The fraction of sp³-hybridized carbons (Fsp3) is 0.278. The molecule has 0 radical (unpaired) electrons. The fourth-order valence-corrected chi connectivity index (χ4v) is 2.90. The molecular weight excluding hydrogens is 263 g/mol. The monoisotopic (exact) mass is 280 g/mol. The average molecular weight is 280 g/mol. The quantitative estimate of drug-likeness (QED) is 0.738. The first kappa shape index (κ1) is 12.6. The fourth-order valence-electron chi connectivity index (χ4n) is 2.90. The zero-order valence-corrected chi connectivity index (χ0v) is 11.9. The number of rotatable bonds is 3. The zero-order valence-electron chi connectivity index (χ0n) is 11.9. The Bertz CT molecular complexity index is 785. The van der Waals surface area contributed by atoms with Crippen LogP contribution in [-0.4, -0.2) is 9.97 Å². The predicted octanol–water partition coefficient (Wildman–Crippen LogP) is 4.73. The number of para-hydroxylation sites is 1. The van der Waals surface area contributed by atoms with Gasteiger partial charge in [0.25, 0.3) is 0 Å². The van der Waals surface area contributed by atoms with Gasteiger partial charge in [0.2, 0.25) is 0 Å². The van der Waals surface area contributed by atoms with Crippen LogP contribution < -0.4 is 0 Å². The first-order chi connectivity index (χ1) is 10.2. The number of hydrogen-bond acceptors (Lipinski definition) is 1. The van der Waals surface area contributed by atoms with Gasteiger partial charge in [-0.15, -0.1) is 0 Å². The summed E-state index contributed by atoms with van der Waals surface area (Å²) in [5.74, 6) is 1.74. The van der Waals surface area contributed by atoms with Crippen LogP contribution in [0.4, 0.5) is 4.39 Å². The molecule has 106 valence electrons. The van der Waals surface area contributed by atoms with Crippen LogP contribution in [0.2, 0.25) is 0 Å². The minimum absolute atomic E-state index is 0.194. The number of halogens is 1. The molecular formula is C18H17FN2. The molecule has 1 aromatic heterocycles. The molecule has 2 nitrogen and oxygen atoms in total. The van der Waals surface area contributed by atoms with E-state index in [4.69, 9.17) is 4.98 Å². The van der Waals surface area contributed by atoms with Gasteiger partial charge < -0.3 is 4.98 Å². The average Bonchev–Trinajstić information content (AvgIpc) is 3.26. The van der Waals surface area contributed by atoms with E-state index in [1.807, 2.05) is 12.1 Å². The van der Waals surface area contributed by atoms with Gasteiger partial charge in [0.15, 0.2) is 0 Å². The molecule has 0 spiro atoms. The van der Waals surface area contributed by atoms with Crippen molar-refractivity contribution in [1.29, 1.82) is 0 Å². The summed E-state index contributed by atoms with van der Waals surface area (Å²) in [7, 11) is 0. The molecule has 21 heavy (non-hydrogen) atoms. The van der Waals surface area contributed by atoms with Crippen molar-refractivity contribution < 1.29 is 4.39 Å². The molecule has 0 saturated heterocycles. The highest BCUT2D eigenvalue weighted by molar-refractivity contribution is 5.80. The van der Waals surface area contributed by atoms with E-state index in [0.717, 1.165) is 22.4 Å². The van der Waals surface area contributed by atoms with Crippen molar-refractivity contribution in [1.82, 2.24) is 9.97 Å². The van der Waals surface area contributed by atoms with Crippen molar-refractivity contribution >= 4 is 11.0 Å². The Labute approximate surface area is 123 Å². The van der Waals surface area contributed by atoms with Crippen LogP contribution in [0, 0.1) is 5.82 Å². The van der Waals surface area contributed by atoms with Gasteiger partial charge in [-0.25, -0.2) is 9.37 Å². The molecule has 0 aliphatic heterocycles. The van der Waals surface area contributed by atoms with Crippen molar-refractivity contribution in [2.24, 2.45) is 0 Å². The molecule has 1 fully saturated rings. The van der Waals surface area contributed by atoms with Gasteiger partial charge in [0.1, 0.15) is 11.6 Å². The topological polar surface area (TPSA) is 28.7 Å². The Morgan fingerprint density at radius 2 is 1.90 bits per heavy atom. The lowest BCUT2D eigenvalue weighted by atomic mass is 9.92. The number of hydrogen-bond donors (Lipinski definition) is 1. The number of aromatic amines is 1. The number of nitrogens with one attached hydrogen (secondary N) is 1. The first-order valence-corrected chi connectivity index (χ1v) is 7.46. The lowest BCUT2D eigenvalue weighted by Crippen LogP contribution is -1.97. The molecule has 2 aromatic carbocycles. The molecule has 1 heterocycles. The Morgan fingerprint density at radius 3 is 2.62 bits per heavy atom. The van der Waals surface area contributed by atoms with Crippen molar-refractivity contribution in [3.8, 4) is 0 Å². The van der Waals surface area contributed by atoms with Gasteiger partial charge >= 0.3 is 0 Å². The molecule has 4 rings (SSSR count). The lowest BCUT2D eigenvalue weighted by Gasteiger charge is -2.13. The number of H-pyrrole nitrogens is 1. The van der Waals surface area contributed by atoms with E-state index >= 15 is 0 Å². The second kappa shape index (κ2) is 4.69. The Kier molecular flexibility index (Phi) is 2.81. The zero-order chi connectivity index (χ0) is 14.4. The van der Waals surface area contributed by atoms with E-state index in [-0.39, 0.29) is 11.7 Å². The molecule has 1 unspecified atom stereocenters. The third kappa shape index (κ3) is 2.23. The maximum absolute atomic E-state index is 13.1. The van der Waals surface area contributed by atoms with Crippen LogP contribution in [0.25, 0.3) is 11.0 Å². The summed E-state index contributed by atoms with van der Waals surface area (Å²) in [6.45, 7) is 2.15. The smallest absolute Gasteiger partial charge is 0.123 e. The molecule has 3 aromatic rings. The first-order valence-electron chi connectivity index (χ1n) is 7.46. The highest BCUT2D eigenvalue weighted by Crippen LogP contribution is 2.40. The number of fused-ring (bicyclic) bond motifs is 1. The summed E-state index contributed by atoms with van der Waals surface area (Å²) < 4.78 is 13.1. The van der Waals surface area contributed by atoms with Gasteiger partial charge in [0.05, 0.1) is 11.0 Å². The lowest BCUT2D eigenvalue weighted by molar-refractivity contribution is 0.626. The highest BCUT2D eigenvalue weighted by atomic mass is 19.1. The van der Waals surface area contributed by atoms with Gasteiger partial charge in [-0.2, -0.15) is 0 Å². The SMILES string of the molecule is CC(c1ccc(F)cc1)c1cccc2[nH]c(C3CC3)nc12. The highest BCUT2D eigenvalue weighted by Gasteiger charge is 2.27. The molecule has 1 N–H and O–H groups in total. The van der Waals surface area contributed by atoms with E-state index in [1.54, 1.807) is 0 Å². The summed E-state index contributed by atoms with van der Waals surface area (Å²) in [5, 5.41) is 0. The van der Waals surface area contributed by atoms with Crippen LogP contribution in [-0.2, 0) is 0 Å². The second-order valence-corrected chi connectivity index (χ2v) is 5.91. The molecule has 0 amide bonds. The van der Waals surface area contributed by atoms with Gasteiger partial charge in [-0.3, -0.25) is 0 Å². The van der Waals surface area contributed by atoms with Crippen molar-refractivity contribution in [3.05, 3.63) is 65.2 Å². The van der Waals surface area contributed by atoms with Crippen LogP contribution in [0.3, 0.4) is 0 Å². The van der Waals surface area contributed by atoms with Crippen LogP contribution in [0.1, 0.15) is 48.6 Å². The standard InChI is InChI=1S/C18H17FN2/c1-11(12-7-9-14(19)10-8-12)15-3-2-4-16-17(15)21-18(20-16)13-5-6-13/h2-4,7-11,13H,5-6H2,1H3,(H,20,21). The van der Waals surface area contributed by atoms with E-state index in [2.05, 4.69) is 30.1 Å². The largest absolute Gasteiger partial charge is 0.342 e. The van der Waals surface area contributed by atoms with Crippen LogP contribution in [0.15, 0.2) is 42.5 Å². The minimum atomic E-state index is -0.194. The molecule has 1 aliphatic carbocycles. The third-order valence-corrected chi connectivity index (χ3v) is 4.36. The Hall–Kier alpha value is -2.16. The second-order valence-electron chi connectivity index (χ2n) is 5.91. The van der Waals surface area contributed by atoms with Gasteiger partial charge in [0, 0.05) is 11.8 Å². The summed E-state index contributed by atoms with van der Waals surface area (Å²) in [4.78, 5) is 8.25. The van der Waals surface area contributed by atoms with Crippen molar-refractivity contribution in [2.45, 2.75) is 31.6 Å². The van der Waals surface area contributed by atoms with E-state index in [9.17, 15) is 4.39 Å². The van der Waals surface area contributed by atoms with Gasteiger partial charge in [-0.05, 0) is 42.2 Å². The molecule has 0 bridgehead atoms. The maximum atomic E-state index is 13.1. The molecule has 3 heteroatoms. The number of aromatic nitrogens is 2.